The average Bonchev–Trinajstić information content (AvgIpc) is 3.03. The molecule has 4 aromatic rings. The number of carboxylic acids is 1. The molecule has 0 saturated carbocycles. The highest BCUT2D eigenvalue weighted by molar-refractivity contribution is 6.10. The van der Waals surface area contributed by atoms with Crippen LogP contribution in [-0.2, 0) is 16.3 Å². The standard InChI is InChI=1S/C34H36N2O7.CH2O/c1-22-6-16-31(24(17-22)19-43-40)35-25-7-11-27(12-8-25)41-20-34(3,4)21-42-28-13-9-26(10-14-28)36-32(37)29-15-5-23(2)18-30(29)33(38)39;1-2/h5-18,35,40H,19-21H2,1-4H3,(H,36,37)(H,38,39);1H2. The SMILES string of the molecule is C=O.Cc1ccc(Nc2ccc(OCC(C)(C)COc3ccc(NC(=O)c4ccc(C)cc4C(=O)O)cc3)cc2)c(COO)c1. The lowest BCUT2D eigenvalue weighted by atomic mass is 9.96. The van der Waals surface area contributed by atoms with Gasteiger partial charge >= 0.3 is 5.97 Å². The van der Waals surface area contributed by atoms with Gasteiger partial charge in [-0.1, -0.05) is 43.2 Å². The minimum Gasteiger partial charge on any atom is -0.493 e. The van der Waals surface area contributed by atoms with Gasteiger partial charge in [0.05, 0.1) is 24.3 Å². The molecule has 0 aromatic heterocycles. The van der Waals surface area contributed by atoms with Crippen molar-refractivity contribution in [2.45, 2.75) is 34.3 Å². The molecule has 0 atom stereocenters. The van der Waals surface area contributed by atoms with E-state index in [9.17, 15) is 14.7 Å². The molecule has 4 rings (SSSR count). The summed E-state index contributed by atoms with van der Waals surface area (Å²) < 4.78 is 12.0. The highest BCUT2D eigenvalue weighted by atomic mass is 17.1. The maximum absolute atomic E-state index is 12.7. The maximum atomic E-state index is 12.7. The van der Waals surface area contributed by atoms with Gasteiger partial charge in [0.15, 0.2) is 0 Å². The van der Waals surface area contributed by atoms with Crippen molar-refractivity contribution in [2.24, 2.45) is 5.41 Å². The molecule has 0 saturated heterocycles. The van der Waals surface area contributed by atoms with Crippen LogP contribution in [0.2, 0.25) is 0 Å². The second-order valence-electron chi connectivity index (χ2n) is 11.2. The maximum Gasteiger partial charge on any atom is 0.336 e. The minimum absolute atomic E-state index is 0.0415. The van der Waals surface area contributed by atoms with Crippen LogP contribution in [0.25, 0.3) is 0 Å². The number of carbonyl (C=O) groups excluding carboxylic acids is 2. The largest absolute Gasteiger partial charge is 0.493 e. The van der Waals surface area contributed by atoms with E-state index >= 15 is 0 Å². The Hall–Kier alpha value is -5.19. The lowest BCUT2D eigenvalue weighted by molar-refractivity contribution is -0.252. The summed E-state index contributed by atoms with van der Waals surface area (Å²) in [5.74, 6) is -0.295. The summed E-state index contributed by atoms with van der Waals surface area (Å²) in [6, 6.07) is 25.1. The zero-order valence-electron chi connectivity index (χ0n) is 25.8. The molecule has 45 heavy (non-hydrogen) atoms. The van der Waals surface area contributed by atoms with E-state index < -0.39 is 11.9 Å². The van der Waals surface area contributed by atoms with Crippen LogP contribution in [-0.4, -0.2) is 42.2 Å². The molecule has 0 aliphatic carbocycles. The van der Waals surface area contributed by atoms with Crippen LogP contribution in [0.4, 0.5) is 17.1 Å². The van der Waals surface area contributed by atoms with E-state index in [1.165, 1.54) is 12.1 Å². The van der Waals surface area contributed by atoms with Gasteiger partial charge in [0.25, 0.3) is 5.91 Å². The first-order valence-corrected chi connectivity index (χ1v) is 14.1. The topological polar surface area (TPSA) is 143 Å². The molecule has 0 aliphatic heterocycles. The first-order valence-electron chi connectivity index (χ1n) is 14.1. The first kappa shape index (κ1) is 34.3. The number of aromatic carboxylic acids is 1. The molecule has 0 unspecified atom stereocenters. The molecular formula is C35H38N2O8. The van der Waals surface area contributed by atoms with Gasteiger partial charge in [0.2, 0.25) is 0 Å². The molecule has 10 nitrogen and oxygen atoms in total. The van der Waals surface area contributed by atoms with Crippen molar-refractivity contribution in [3.05, 3.63) is 113 Å². The van der Waals surface area contributed by atoms with E-state index in [0.717, 1.165) is 33.8 Å². The van der Waals surface area contributed by atoms with Gasteiger partial charge in [0, 0.05) is 28.0 Å². The number of amides is 1. The Balaban J connectivity index is 0.00000271. The Kier molecular flexibility index (Phi) is 12.2. The molecule has 10 heteroatoms. The van der Waals surface area contributed by atoms with E-state index in [4.69, 9.17) is 19.5 Å². The van der Waals surface area contributed by atoms with Crippen LogP contribution in [0.5, 0.6) is 11.5 Å². The number of benzene rings is 4. The van der Waals surface area contributed by atoms with Crippen molar-refractivity contribution in [3.8, 4) is 11.5 Å². The third kappa shape index (κ3) is 10.2. The number of carboxylic acid groups (broad SMARTS) is 1. The number of hydrogen-bond donors (Lipinski definition) is 4. The van der Waals surface area contributed by atoms with Crippen LogP contribution in [0.1, 0.15) is 51.3 Å². The molecule has 236 valence electrons. The molecule has 4 aromatic carbocycles. The summed E-state index contributed by atoms with van der Waals surface area (Å²) in [5.41, 5.74) is 4.68. The number of hydrogen-bond acceptors (Lipinski definition) is 8. The molecule has 0 heterocycles. The van der Waals surface area contributed by atoms with Crippen molar-refractivity contribution in [1.82, 2.24) is 0 Å². The lowest BCUT2D eigenvalue weighted by Gasteiger charge is -2.25. The fraction of sp³-hybridized carbons (Fsp3) is 0.229. The minimum atomic E-state index is -1.15. The van der Waals surface area contributed by atoms with Crippen molar-refractivity contribution in [1.29, 1.82) is 0 Å². The predicted molar refractivity (Wildman–Crippen MR) is 173 cm³/mol. The number of nitrogens with one attached hydrogen (secondary N) is 2. The molecule has 4 N–H and O–H groups in total. The number of aryl methyl sites for hydroxylation is 2. The molecule has 1 amide bonds. The predicted octanol–water partition coefficient (Wildman–Crippen LogP) is 7.29. The van der Waals surface area contributed by atoms with E-state index in [2.05, 4.69) is 15.5 Å². The van der Waals surface area contributed by atoms with Gasteiger partial charge in [0.1, 0.15) is 24.9 Å². The highest BCUT2D eigenvalue weighted by Crippen LogP contribution is 2.26. The summed E-state index contributed by atoms with van der Waals surface area (Å²) in [5, 5.41) is 24.4. The molecule has 0 fully saturated rings. The van der Waals surface area contributed by atoms with Gasteiger partial charge < -0.3 is 30.0 Å². The Morgan fingerprint density at radius 2 is 1.29 bits per heavy atom. The molecule has 0 radical (unpaired) electrons. The highest BCUT2D eigenvalue weighted by Gasteiger charge is 2.21. The van der Waals surface area contributed by atoms with Crippen LogP contribution < -0.4 is 20.1 Å². The second-order valence-corrected chi connectivity index (χ2v) is 11.2. The quantitative estimate of drug-likeness (QED) is 0.0902. The summed E-state index contributed by atoms with van der Waals surface area (Å²) in [6.45, 7) is 10.7. The summed E-state index contributed by atoms with van der Waals surface area (Å²) in [4.78, 5) is 36.6. The number of anilines is 3. The summed E-state index contributed by atoms with van der Waals surface area (Å²) >= 11 is 0. The molecule has 0 spiro atoms. The Morgan fingerprint density at radius 3 is 1.84 bits per heavy atom. The van der Waals surface area contributed by atoms with Crippen molar-refractivity contribution in [2.75, 3.05) is 23.8 Å². The Morgan fingerprint density at radius 1 is 0.756 bits per heavy atom. The van der Waals surface area contributed by atoms with E-state index in [-0.39, 0.29) is 23.1 Å². The lowest BCUT2D eigenvalue weighted by Crippen LogP contribution is -2.28. The van der Waals surface area contributed by atoms with Gasteiger partial charge in [-0.2, -0.15) is 0 Å². The van der Waals surface area contributed by atoms with Gasteiger partial charge in [-0.3, -0.25) is 10.1 Å². The molecular weight excluding hydrogens is 576 g/mol. The normalized spacial score (nSPS) is 10.7. The summed E-state index contributed by atoms with van der Waals surface area (Å²) in [6.07, 6.45) is 0. The van der Waals surface area contributed by atoms with Crippen LogP contribution in [0.15, 0.2) is 84.9 Å². The van der Waals surface area contributed by atoms with Crippen LogP contribution in [0, 0.1) is 19.3 Å². The number of rotatable bonds is 13. The summed E-state index contributed by atoms with van der Waals surface area (Å²) in [7, 11) is 0. The fourth-order valence-corrected chi connectivity index (χ4v) is 4.29. The van der Waals surface area contributed by atoms with Gasteiger partial charge in [-0.25, -0.2) is 9.68 Å². The Bertz CT molecular complexity index is 1580. The third-order valence-corrected chi connectivity index (χ3v) is 6.64. The van der Waals surface area contributed by atoms with Crippen molar-refractivity contribution >= 4 is 35.7 Å². The van der Waals surface area contributed by atoms with Crippen LogP contribution >= 0.6 is 0 Å². The zero-order valence-corrected chi connectivity index (χ0v) is 25.8. The van der Waals surface area contributed by atoms with E-state index in [0.29, 0.717) is 24.7 Å². The van der Waals surface area contributed by atoms with Gasteiger partial charge in [-0.05, 0) is 80.6 Å². The second kappa shape index (κ2) is 16.0. The van der Waals surface area contributed by atoms with Crippen molar-refractivity contribution in [3.63, 3.8) is 0 Å². The molecule has 0 bridgehead atoms. The Labute approximate surface area is 262 Å². The van der Waals surface area contributed by atoms with E-state index in [1.807, 2.05) is 70.0 Å². The monoisotopic (exact) mass is 614 g/mol. The fourth-order valence-electron chi connectivity index (χ4n) is 4.29. The van der Waals surface area contributed by atoms with Crippen LogP contribution in [0.3, 0.4) is 0 Å². The average molecular weight is 615 g/mol. The molecule has 0 aliphatic rings. The number of ether oxygens (including phenoxy) is 2. The van der Waals surface area contributed by atoms with Gasteiger partial charge in [-0.15, -0.1) is 0 Å². The van der Waals surface area contributed by atoms with E-state index in [1.54, 1.807) is 37.3 Å². The number of carbonyl (C=O) groups is 3. The third-order valence-electron chi connectivity index (χ3n) is 6.64. The van der Waals surface area contributed by atoms with Crippen molar-refractivity contribution < 1.29 is 39.1 Å². The smallest absolute Gasteiger partial charge is 0.336 e. The zero-order chi connectivity index (χ0) is 33.0. The first-order chi connectivity index (χ1) is 21.5.